The van der Waals surface area contributed by atoms with Gasteiger partial charge < -0.3 is 10.1 Å². The molecule has 0 unspecified atom stereocenters. The molecule has 1 N–H and O–H groups in total. The monoisotopic (exact) mass is 480 g/mol. The maximum atomic E-state index is 13.0. The third-order valence-corrected chi connectivity index (χ3v) is 5.63. The number of amides is 1. The normalized spacial score (nSPS) is 10.6. The number of halogens is 1. The number of anilines is 1. The van der Waals surface area contributed by atoms with E-state index in [1.165, 1.54) is 18.9 Å². The Morgan fingerprint density at radius 2 is 1.76 bits per heavy atom. The van der Waals surface area contributed by atoms with Crippen molar-refractivity contribution in [3.05, 3.63) is 89.0 Å². The molecule has 0 fully saturated rings. The van der Waals surface area contributed by atoms with E-state index in [4.69, 9.17) is 11.6 Å². The lowest BCUT2D eigenvalue weighted by Gasteiger charge is -2.09. The molecule has 11 heteroatoms. The number of rotatable bonds is 7. The smallest absolute Gasteiger partial charge is 0.337 e. The molecule has 4 rings (SSSR count). The van der Waals surface area contributed by atoms with E-state index in [2.05, 4.69) is 30.3 Å². The Bertz CT molecular complexity index is 1260. The van der Waals surface area contributed by atoms with Gasteiger partial charge >= 0.3 is 5.97 Å². The molecule has 9 nitrogen and oxygen atoms in total. The fourth-order valence-electron chi connectivity index (χ4n) is 2.89. The predicted molar refractivity (Wildman–Crippen MR) is 124 cm³/mol. The summed E-state index contributed by atoms with van der Waals surface area (Å²) in [6.45, 7) is 0. The van der Waals surface area contributed by atoms with E-state index in [9.17, 15) is 9.59 Å². The number of hydrogen-bond donors (Lipinski definition) is 1. The molecule has 0 aliphatic heterocycles. The van der Waals surface area contributed by atoms with Gasteiger partial charge in [0.15, 0.2) is 10.9 Å². The molecule has 0 spiro atoms. The van der Waals surface area contributed by atoms with Crippen molar-refractivity contribution in [3.8, 4) is 5.69 Å². The third-order valence-electron chi connectivity index (χ3n) is 4.49. The lowest BCUT2D eigenvalue weighted by molar-refractivity contribution is 0.0600. The number of methoxy groups -OCH3 is 1. The summed E-state index contributed by atoms with van der Waals surface area (Å²) in [6, 6.07) is 15.1. The van der Waals surface area contributed by atoms with Gasteiger partial charge in [-0.1, -0.05) is 28.6 Å². The molecule has 0 radical (unpaired) electrons. The molecule has 2 heterocycles. The summed E-state index contributed by atoms with van der Waals surface area (Å²) in [5, 5.41) is 12.2. The first-order chi connectivity index (χ1) is 16.0. The van der Waals surface area contributed by atoms with Crippen LogP contribution in [0.5, 0.6) is 0 Å². The van der Waals surface area contributed by atoms with Gasteiger partial charge in [0.1, 0.15) is 0 Å². The summed E-state index contributed by atoms with van der Waals surface area (Å²) in [5.41, 5.74) is 2.31. The number of nitrogens with one attached hydrogen (secondary N) is 1. The van der Waals surface area contributed by atoms with Crippen molar-refractivity contribution in [2.45, 2.75) is 10.9 Å². The van der Waals surface area contributed by atoms with Crippen LogP contribution in [-0.4, -0.2) is 43.9 Å². The van der Waals surface area contributed by atoms with Crippen LogP contribution in [0.4, 0.5) is 5.69 Å². The Labute approximate surface area is 198 Å². The standard InChI is InChI=1S/C22H17ClN6O3S/c1-32-21(31)14-3-7-16(8-4-14)26-20(30)19-18(13-33-22-24-11-2-12-25-22)29(28-27-19)17-9-5-15(23)6-10-17/h2-12H,13H2,1H3,(H,26,30). The van der Waals surface area contributed by atoms with Crippen LogP contribution >= 0.6 is 23.4 Å². The van der Waals surface area contributed by atoms with Gasteiger partial charge in [0.05, 0.1) is 24.1 Å². The molecule has 0 aliphatic rings. The van der Waals surface area contributed by atoms with Crippen LogP contribution in [0, 0.1) is 0 Å². The van der Waals surface area contributed by atoms with E-state index in [-0.39, 0.29) is 5.69 Å². The number of esters is 1. The minimum atomic E-state index is -0.457. The van der Waals surface area contributed by atoms with Crippen LogP contribution in [0.2, 0.25) is 5.02 Å². The number of aromatic nitrogens is 5. The SMILES string of the molecule is COC(=O)c1ccc(NC(=O)c2nnn(-c3ccc(Cl)cc3)c2CSc2ncccn2)cc1. The van der Waals surface area contributed by atoms with E-state index < -0.39 is 11.9 Å². The van der Waals surface area contributed by atoms with Crippen molar-refractivity contribution in [1.82, 2.24) is 25.0 Å². The number of ether oxygens (including phenoxy) is 1. The zero-order valence-corrected chi connectivity index (χ0v) is 18.9. The Hall–Kier alpha value is -3.76. The van der Waals surface area contributed by atoms with Crippen LogP contribution in [0.1, 0.15) is 26.5 Å². The molecule has 2 aromatic heterocycles. The van der Waals surface area contributed by atoms with Gasteiger partial charge in [-0.3, -0.25) is 4.79 Å². The summed E-state index contributed by atoms with van der Waals surface area (Å²) in [5.74, 6) is -0.546. The summed E-state index contributed by atoms with van der Waals surface area (Å²) >= 11 is 7.36. The summed E-state index contributed by atoms with van der Waals surface area (Å²) in [6.07, 6.45) is 3.30. The third kappa shape index (κ3) is 5.36. The highest BCUT2D eigenvalue weighted by Crippen LogP contribution is 2.24. The van der Waals surface area contributed by atoms with E-state index in [0.29, 0.717) is 38.6 Å². The summed E-state index contributed by atoms with van der Waals surface area (Å²) in [4.78, 5) is 33.1. The molecule has 33 heavy (non-hydrogen) atoms. The minimum Gasteiger partial charge on any atom is -0.465 e. The van der Waals surface area contributed by atoms with Crippen molar-refractivity contribution < 1.29 is 14.3 Å². The number of hydrogen-bond acceptors (Lipinski definition) is 8. The second-order valence-corrected chi connectivity index (χ2v) is 7.99. The van der Waals surface area contributed by atoms with Gasteiger partial charge in [-0.2, -0.15) is 0 Å². The number of thioether (sulfide) groups is 1. The molecular weight excluding hydrogens is 464 g/mol. The molecule has 0 aliphatic carbocycles. The van der Waals surface area contributed by atoms with Crippen LogP contribution < -0.4 is 5.32 Å². The lowest BCUT2D eigenvalue weighted by Crippen LogP contribution is -2.15. The maximum absolute atomic E-state index is 13.0. The van der Waals surface area contributed by atoms with Gasteiger partial charge in [-0.05, 0) is 54.6 Å². The van der Waals surface area contributed by atoms with Gasteiger partial charge in [0.25, 0.3) is 5.91 Å². The number of carbonyl (C=O) groups is 2. The Balaban J connectivity index is 1.61. The van der Waals surface area contributed by atoms with Crippen LogP contribution in [0.3, 0.4) is 0 Å². The molecule has 1 amide bonds. The largest absolute Gasteiger partial charge is 0.465 e. The van der Waals surface area contributed by atoms with E-state index in [1.54, 1.807) is 71.7 Å². The summed E-state index contributed by atoms with van der Waals surface area (Å²) < 4.78 is 6.27. The van der Waals surface area contributed by atoms with Crippen molar-refractivity contribution in [1.29, 1.82) is 0 Å². The van der Waals surface area contributed by atoms with E-state index in [1.807, 2.05) is 0 Å². The van der Waals surface area contributed by atoms with Gasteiger partial charge in [-0.25, -0.2) is 19.4 Å². The molecule has 166 valence electrons. The zero-order chi connectivity index (χ0) is 23.2. The first-order valence-corrected chi connectivity index (χ1v) is 11.0. The highest BCUT2D eigenvalue weighted by Gasteiger charge is 2.21. The Kier molecular flexibility index (Phi) is 6.96. The highest BCUT2D eigenvalue weighted by molar-refractivity contribution is 7.98. The zero-order valence-electron chi connectivity index (χ0n) is 17.3. The van der Waals surface area contributed by atoms with Crippen molar-refractivity contribution in [2.75, 3.05) is 12.4 Å². The molecule has 4 aromatic rings. The van der Waals surface area contributed by atoms with E-state index in [0.717, 1.165) is 0 Å². The number of nitrogens with zero attached hydrogens (tertiary/aromatic N) is 5. The van der Waals surface area contributed by atoms with Crippen LogP contribution in [-0.2, 0) is 10.5 Å². The topological polar surface area (TPSA) is 112 Å². The number of benzene rings is 2. The average Bonchev–Trinajstić information content (AvgIpc) is 3.28. The van der Waals surface area contributed by atoms with E-state index >= 15 is 0 Å². The predicted octanol–water partition coefficient (Wildman–Crippen LogP) is 4.04. The second kappa shape index (κ2) is 10.2. The molecule has 0 atom stereocenters. The van der Waals surface area contributed by atoms with Crippen molar-refractivity contribution >= 4 is 40.9 Å². The molecule has 0 bridgehead atoms. The quantitative estimate of drug-likeness (QED) is 0.239. The van der Waals surface area contributed by atoms with Gasteiger partial charge in [0, 0.05) is 28.9 Å². The average molecular weight is 481 g/mol. The highest BCUT2D eigenvalue weighted by atomic mass is 35.5. The molecule has 0 saturated carbocycles. The fraction of sp³-hybridized carbons (Fsp3) is 0.0909. The maximum Gasteiger partial charge on any atom is 0.337 e. The number of carbonyl (C=O) groups excluding carboxylic acids is 2. The van der Waals surface area contributed by atoms with Gasteiger partial charge in [0.2, 0.25) is 0 Å². The van der Waals surface area contributed by atoms with Crippen molar-refractivity contribution in [2.24, 2.45) is 0 Å². The van der Waals surface area contributed by atoms with Crippen LogP contribution in [0.25, 0.3) is 5.69 Å². The molecule has 2 aromatic carbocycles. The Morgan fingerprint density at radius 3 is 2.42 bits per heavy atom. The van der Waals surface area contributed by atoms with Crippen molar-refractivity contribution in [3.63, 3.8) is 0 Å². The first-order valence-electron chi connectivity index (χ1n) is 9.65. The van der Waals surface area contributed by atoms with Crippen LogP contribution in [0.15, 0.2) is 72.1 Å². The second-order valence-electron chi connectivity index (χ2n) is 6.62. The minimum absolute atomic E-state index is 0.158. The van der Waals surface area contributed by atoms with Gasteiger partial charge in [-0.15, -0.1) is 5.10 Å². The fourth-order valence-corrected chi connectivity index (χ4v) is 3.81. The molecular formula is C22H17ClN6O3S. The lowest BCUT2D eigenvalue weighted by atomic mass is 10.2. The molecule has 0 saturated heterocycles. The Morgan fingerprint density at radius 1 is 1.06 bits per heavy atom. The first kappa shape index (κ1) is 22.4. The summed E-state index contributed by atoms with van der Waals surface area (Å²) in [7, 11) is 1.31.